The van der Waals surface area contributed by atoms with E-state index in [1.807, 2.05) is 13.8 Å². The van der Waals surface area contributed by atoms with E-state index in [1.165, 1.54) is 0 Å². The Morgan fingerprint density at radius 1 is 1.33 bits per heavy atom. The molecule has 0 saturated carbocycles. The van der Waals surface area contributed by atoms with Crippen LogP contribution in [0.1, 0.15) is 20.3 Å². The van der Waals surface area contributed by atoms with Crippen LogP contribution in [0.3, 0.4) is 0 Å². The number of hydrogen-bond donors (Lipinski definition) is 4. The van der Waals surface area contributed by atoms with E-state index in [2.05, 4.69) is 15.4 Å². The summed E-state index contributed by atoms with van der Waals surface area (Å²) in [5, 5.41) is 13.6. The summed E-state index contributed by atoms with van der Waals surface area (Å²) in [6, 6.07) is -1.57. The van der Waals surface area contributed by atoms with Gasteiger partial charge in [-0.15, -0.1) is 0 Å². The number of hydrogen-bond acceptors (Lipinski definition) is 4. The molecule has 0 spiro atoms. The summed E-state index contributed by atoms with van der Waals surface area (Å²) in [4.78, 5) is 32.4. The predicted molar refractivity (Wildman–Crippen MR) is 62.9 cm³/mol. The van der Waals surface area contributed by atoms with Gasteiger partial charge in [-0.2, -0.15) is 0 Å². The Labute approximate surface area is 105 Å². The van der Waals surface area contributed by atoms with E-state index in [-0.39, 0.29) is 19.1 Å². The molecule has 0 aliphatic carbocycles. The number of primary amides is 1. The number of carboxylic acid groups (broad SMARTS) is 1. The minimum absolute atomic E-state index is 0.0583. The SMILES string of the molecule is CC(C)C[C@H](NC(=O)NCCOC(N)=O)C(=O)O. The lowest BCUT2D eigenvalue weighted by Gasteiger charge is -2.16. The number of rotatable bonds is 7. The van der Waals surface area contributed by atoms with Crippen molar-refractivity contribution in [3.8, 4) is 0 Å². The number of nitrogens with one attached hydrogen (secondary N) is 2. The van der Waals surface area contributed by atoms with Crippen LogP contribution in [0.25, 0.3) is 0 Å². The first-order chi connectivity index (χ1) is 8.32. The van der Waals surface area contributed by atoms with E-state index < -0.39 is 24.1 Å². The Kier molecular flexibility index (Phi) is 7.25. The van der Waals surface area contributed by atoms with E-state index in [1.54, 1.807) is 0 Å². The quantitative estimate of drug-likeness (QED) is 0.474. The third kappa shape index (κ3) is 8.20. The first kappa shape index (κ1) is 16.0. The van der Waals surface area contributed by atoms with Gasteiger partial charge in [0, 0.05) is 0 Å². The average molecular weight is 261 g/mol. The molecule has 3 amide bonds. The molecule has 8 nitrogen and oxygen atoms in total. The molecule has 0 unspecified atom stereocenters. The van der Waals surface area contributed by atoms with Crippen LogP contribution < -0.4 is 16.4 Å². The molecule has 0 heterocycles. The van der Waals surface area contributed by atoms with Crippen LogP contribution in [0.15, 0.2) is 0 Å². The van der Waals surface area contributed by atoms with Gasteiger partial charge < -0.3 is 26.2 Å². The maximum absolute atomic E-state index is 11.3. The van der Waals surface area contributed by atoms with Crippen LogP contribution in [0, 0.1) is 5.92 Å². The van der Waals surface area contributed by atoms with E-state index in [0.717, 1.165) is 0 Å². The van der Waals surface area contributed by atoms with E-state index in [9.17, 15) is 14.4 Å². The zero-order valence-corrected chi connectivity index (χ0v) is 10.4. The lowest BCUT2D eigenvalue weighted by molar-refractivity contribution is -0.139. The van der Waals surface area contributed by atoms with E-state index in [0.29, 0.717) is 6.42 Å². The fraction of sp³-hybridized carbons (Fsp3) is 0.700. The molecule has 1 atom stereocenters. The lowest BCUT2D eigenvalue weighted by Crippen LogP contribution is -2.47. The smallest absolute Gasteiger partial charge is 0.404 e. The Hall–Kier alpha value is -1.99. The highest BCUT2D eigenvalue weighted by Crippen LogP contribution is 2.04. The van der Waals surface area contributed by atoms with Gasteiger partial charge in [0.25, 0.3) is 0 Å². The molecule has 0 aromatic heterocycles. The molecule has 0 aromatic rings. The molecular weight excluding hydrogens is 242 g/mol. The van der Waals surface area contributed by atoms with Gasteiger partial charge in [0.15, 0.2) is 0 Å². The normalized spacial score (nSPS) is 11.7. The standard InChI is InChI=1S/C10H19N3O5/c1-6(2)5-7(8(14)15)13-10(17)12-3-4-18-9(11)16/h6-7H,3-5H2,1-2H3,(H2,11,16)(H,14,15)(H2,12,13,17)/t7-/m0/s1. The van der Waals surface area contributed by atoms with Crippen molar-refractivity contribution in [3.05, 3.63) is 0 Å². The Morgan fingerprint density at radius 2 is 1.94 bits per heavy atom. The van der Waals surface area contributed by atoms with Crippen molar-refractivity contribution < 1.29 is 24.2 Å². The van der Waals surface area contributed by atoms with Crippen LogP contribution in [-0.2, 0) is 9.53 Å². The molecule has 0 aliphatic rings. The molecule has 5 N–H and O–H groups in total. The van der Waals surface area contributed by atoms with Gasteiger partial charge >= 0.3 is 18.1 Å². The second-order valence-corrected chi connectivity index (χ2v) is 4.09. The summed E-state index contributed by atoms with van der Waals surface area (Å²) < 4.78 is 4.39. The third-order valence-electron chi connectivity index (χ3n) is 1.94. The molecule has 0 aliphatic heterocycles. The first-order valence-corrected chi connectivity index (χ1v) is 5.52. The van der Waals surface area contributed by atoms with Gasteiger partial charge in [-0.1, -0.05) is 13.8 Å². The number of ether oxygens (including phenoxy) is 1. The maximum atomic E-state index is 11.3. The monoisotopic (exact) mass is 261 g/mol. The van der Waals surface area contributed by atoms with Crippen molar-refractivity contribution in [1.82, 2.24) is 10.6 Å². The van der Waals surface area contributed by atoms with Gasteiger partial charge in [-0.25, -0.2) is 14.4 Å². The molecule has 0 aromatic carbocycles. The Bertz CT molecular complexity index is 306. The molecule has 0 rings (SSSR count). The van der Waals surface area contributed by atoms with Gasteiger partial charge in [0.1, 0.15) is 12.6 Å². The number of urea groups is 1. The number of nitrogens with two attached hydrogens (primary N) is 1. The highest BCUT2D eigenvalue weighted by Gasteiger charge is 2.20. The fourth-order valence-electron chi connectivity index (χ4n) is 1.22. The van der Waals surface area contributed by atoms with Crippen LogP contribution in [-0.4, -0.2) is 42.4 Å². The summed E-state index contributed by atoms with van der Waals surface area (Å²) in [5.74, 6) is -0.947. The molecule has 18 heavy (non-hydrogen) atoms. The molecule has 8 heteroatoms. The summed E-state index contributed by atoms with van der Waals surface area (Å²) in [7, 11) is 0. The molecular formula is C10H19N3O5. The summed E-state index contributed by atoms with van der Waals surface area (Å²) in [6.07, 6.45) is -0.596. The van der Waals surface area contributed by atoms with Crippen molar-refractivity contribution in [3.63, 3.8) is 0 Å². The Morgan fingerprint density at radius 3 is 2.39 bits per heavy atom. The zero-order valence-electron chi connectivity index (χ0n) is 10.4. The lowest BCUT2D eigenvalue weighted by atomic mass is 10.0. The zero-order chi connectivity index (χ0) is 14.1. The van der Waals surface area contributed by atoms with Crippen molar-refractivity contribution >= 4 is 18.1 Å². The number of aliphatic carboxylic acids is 1. The van der Waals surface area contributed by atoms with Crippen molar-refractivity contribution in [2.45, 2.75) is 26.3 Å². The maximum Gasteiger partial charge on any atom is 0.404 e. The average Bonchev–Trinajstić information content (AvgIpc) is 2.22. The molecule has 0 bridgehead atoms. The van der Waals surface area contributed by atoms with Crippen molar-refractivity contribution in [1.29, 1.82) is 0 Å². The van der Waals surface area contributed by atoms with Crippen LogP contribution >= 0.6 is 0 Å². The first-order valence-electron chi connectivity index (χ1n) is 5.52. The summed E-state index contributed by atoms with van der Waals surface area (Å²) in [5.41, 5.74) is 4.72. The summed E-state index contributed by atoms with van der Waals surface area (Å²) in [6.45, 7) is 3.71. The minimum Gasteiger partial charge on any atom is -0.480 e. The second-order valence-electron chi connectivity index (χ2n) is 4.09. The van der Waals surface area contributed by atoms with Crippen LogP contribution in [0.5, 0.6) is 0 Å². The van der Waals surface area contributed by atoms with Crippen LogP contribution in [0.4, 0.5) is 9.59 Å². The number of amides is 3. The molecule has 0 saturated heterocycles. The van der Waals surface area contributed by atoms with Crippen molar-refractivity contribution in [2.24, 2.45) is 11.7 Å². The summed E-state index contributed by atoms with van der Waals surface area (Å²) >= 11 is 0. The van der Waals surface area contributed by atoms with Crippen molar-refractivity contribution in [2.75, 3.05) is 13.2 Å². The topological polar surface area (TPSA) is 131 Å². The second kappa shape index (κ2) is 8.15. The predicted octanol–water partition coefficient (Wildman–Crippen LogP) is -0.120. The van der Waals surface area contributed by atoms with Crippen LogP contribution in [0.2, 0.25) is 0 Å². The molecule has 104 valence electrons. The number of carbonyl (C=O) groups is 3. The highest BCUT2D eigenvalue weighted by atomic mass is 16.5. The Balaban J connectivity index is 3.95. The van der Waals surface area contributed by atoms with E-state index in [4.69, 9.17) is 10.8 Å². The highest BCUT2D eigenvalue weighted by molar-refractivity contribution is 5.82. The largest absolute Gasteiger partial charge is 0.480 e. The van der Waals surface area contributed by atoms with E-state index >= 15 is 0 Å². The molecule has 0 radical (unpaired) electrons. The fourth-order valence-corrected chi connectivity index (χ4v) is 1.22. The molecule has 0 fully saturated rings. The number of carbonyl (C=O) groups excluding carboxylic acids is 2. The number of carboxylic acids is 1. The van der Waals surface area contributed by atoms with Gasteiger partial charge in [0.05, 0.1) is 6.54 Å². The minimum atomic E-state index is -1.09. The van der Waals surface area contributed by atoms with Gasteiger partial charge in [0.2, 0.25) is 0 Å². The van der Waals surface area contributed by atoms with Gasteiger partial charge in [-0.05, 0) is 12.3 Å². The third-order valence-corrected chi connectivity index (χ3v) is 1.94. The van der Waals surface area contributed by atoms with Gasteiger partial charge in [-0.3, -0.25) is 0 Å².